The van der Waals surface area contributed by atoms with Gasteiger partial charge in [0.15, 0.2) is 11.5 Å². The molecule has 5 aromatic rings. The normalized spacial score (nSPS) is 18.9. The maximum Gasteiger partial charge on any atom is 0.233 e. The van der Waals surface area contributed by atoms with Crippen LogP contribution in [0.5, 0.6) is 0 Å². The van der Waals surface area contributed by atoms with Crippen LogP contribution in [-0.2, 0) is 9.59 Å². The van der Waals surface area contributed by atoms with Crippen molar-refractivity contribution in [3.05, 3.63) is 90.1 Å². The molecular weight excluding hydrogens is 691 g/mol. The highest BCUT2D eigenvalue weighted by molar-refractivity contribution is 5.91. The van der Waals surface area contributed by atoms with Crippen molar-refractivity contribution in [2.24, 2.45) is 0 Å². The van der Waals surface area contributed by atoms with Crippen molar-refractivity contribution >= 4 is 35.2 Å². The standard InChI is InChI=1S/C40H48F2N10O2/c1-4-5-33(40(54)45-26-53)29-6-8-31(9-7-29)50-18-15-48(16-19-50)14-17-49-12-10-32(21-28(49)3)52-25-30(23-46-52)47-38-39-43-11-13-51(39)37(24-44-38)34-20-27(2)35(41)22-36(34)42/h6-9,11,13,20,22-26,28,32-33H,4-5,10,12,14-19,21H2,1-3H3,(H,44,47)(H,45,53,54). The first-order valence-electron chi connectivity index (χ1n) is 18.9. The van der Waals surface area contributed by atoms with Crippen LogP contribution in [0, 0.1) is 18.6 Å². The molecule has 7 rings (SSSR count). The molecule has 12 nitrogen and oxygen atoms in total. The van der Waals surface area contributed by atoms with Crippen molar-refractivity contribution in [3.63, 3.8) is 0 Å². The van der Waals surface area contributed by atoms with Gasteiger partial charge in [-0.3, -0.25) is 33.8 Å². The number of rotatable bonds is 13. The summed E-state index contributed by atoms with van der Waals surface area (Å²) >= 11 is 0. The number of fused-ring (bicyclic) bond motifs is 1. The molecule has 0 bridgehead atoms. The Labute approximate surface area is 314 Å². The van der Waals surface area contributed by atoms with Gasteiger partial charge in [-0.2, -0.15) is 5.10 Å². The number of amides is 2. The van der Waals surface area contributed by atoms with E-state index in [0.29, 0.717) is 41.6 Å². The molecule has 54 heavy (non-hydrogen) atoms. The first kappa shape index (κ1) is 37.1. The largest absolute Gasteiger partial charge is 0.369 e. The Balaban J connectivity index is 0.889. The molecule has 2 aliphatic rings. The molecule has 2 aliphatic heterocycles. The number of benzene rings is 2. The summed E-state index contributed by atoms with van der Waals surface area (Å²) in [6.07, 6.45) is 12.8. The number of hydrogen-bond donors (Lipinski definition) is 2. The molecule has 2 N–H and O–H groups in total. The van der Waals surface area contributed by atoms with Gasteiger partial charge in [0.05, 0.1) is 35.7 Å². The number of aromatic nitrogens is 5. The van der Waals surface area contributed by atoms with E-state index in [1.807, 2.05) is 29.9 Å². The van der Waals surface area contributed by atoms with E-state index in [0.717, 1.165) is 88.1 Å². The van der Waals surface area contributed by atoms with E-state index in [-0.39, 0.29) is 23.4 Å². The van der Waals surface area contributed by atoms with Gasteiger partial charge in [-0.1, -0.05) is 25.5 Å². The molecule has 0 spiro atoms. The molecule has 5 heterocycles. The summed E-state index contributed by atoms with van der Waals surface area (Å²) in [6, 6.07) is 11.3. The number of hydrogen-bond acceptors (Lipinski definition) is 9. The van der Waals surface area contributed by atoms with Crippen molar-refractivity contribution < 1.29 is 18.4 Å². The Morgan fingerprint density at radius 2 is 1.81 bits per heavy atom. The fourth-order valence-electron chi connectivity index (χ4n) is 7.88. The minimum atomic E-state index is -0.654. The van der Waals surface area contributed by atoms with E-state index in [2.05, 4.69) is 54.4 Å². The zero-order valence-electron chi connectivity index (χ0n) is 31.1. The zero-order valence-corrected chi connectivity index (χ0v) is 31.1. The quantitative estimate of drug-likeness (QED) is 0.142. The van der Waals surface area contributed by atoms with Gasteiger partial charge >= 0.3 is 0 Å². The van der Waals surface area contributed by atoms with Crippen molar-refractivity contribution in [1.29, 1.82) is 0 Å². The molecule has 0 aliphatic carbocycles. The van der Waals surface area contributed by atoms with Gasteiger partial charge in [0, 0.05) is 87.8 Å². The second kappa shape index (κ2) is 16.4. The lowest BCUT2D eigenvalue weighted by Crippen LogP contribution is -2.50. The number of anilines is 3. The van der Waals surface area contributed by atoms with Gasteiger partial charge in [-0.15, -0.1) is 0 Å². The number of nitrogens with zero attached hydrogens (tertiary/aromatic N) is 8. The van der Waals surface area contributed by atoms with Gasteiger partial charge in [-0.25, -0.2) is 18.7 Å². The van der Waals surface area contributed by atoms with Crippen molar-refractivity contribution in [2.75, 3.05) is 56.0 Å². The van der Waals surface area contributed by atoms with Crippen LogP contribution in [0.4, 0.5) is 26.0 Å². The molecule has 3 unspecified atom stereocenters. The second-order valence-electron chi connectivity index (χ2n) is 14.5. The molecule has 2 fully saturated rings. The maximum atomic E-state index is 14.7. The summed E-state index contributed by atoms with van der Waals surface area (Å²) in [5.74, 6) is -1.28. The topological polar surface area (TPSA) is 116 Å². The molecule has 2 aromatic carbocycles. The van der Waals surface area contributed by atoms with Crippen molar-refractivity contribution in [3.8, 4) is 11.3 Å². The van der Waals surface area contributed by atoms with Crippen LogP contribution in [0.3, 0.4) is 0 Å². The number of aryl methyl sites for hydroxylation is 1. The molecule has 2 amide bonds. The number of nitrogens with one attached hydrogen (secondary N) is 2. The number of imide groups is 1. The Hall–Kier alpha value is -5.21. The van der Waals surface area contributed by atoms with Gasteiger partial charge in [0.2, 0.25) is 12.3 Å². The number of carbonyl (C=O) groups is 2. The average Bonchev–Trinajstić information content (AvgIpc) is 3.87. The third-order valence-electron chi connectivity index (χ3n) is 11.0. The second-order valence-corrected chi connectivity index (χ2v) is 14.5. The van der Waals surface area contributed by atoms with E-state index in [9.17, 15) is 18.4 Å². The summed E-state index contributed by atoms with van der Waals surface area (Å²) < 4.78 is 32.5. The third kappa shape index (κ3) is 7.99. The first-order chi connectivity index (χ1) is 26.2. The number of halogens is 2. The minimum Gasteiger partial charge on any atom is -0.369 e. The van der Waals surface area contributed by atoms with Gasteiger partial charge in [-0.05, 0) is 62.4 Å². The van der Waals surface area contributed by atoms with Crippen molar-refractivity contribution in [1.82, 2.24) is 39.3 Å². The lowest BCUT2D eigenvalue weighted by Gasteiger charge is -2.40. The summed E-state index contributed by atoms with van der Waals surface area (Å²) in [6.45, 7) is 12.9. The van der Waals surface area contributed by atoms with Gasteiger partial charge < -0.3 is 10.2 Å². The molecular formula is C40H48F2N10O2. The Morgan fingerprint density at radius 3 is 2.56 bits per heavy atom. The molecule has 3 aromatic heterocycles. The predicted molar refractivity (Wildman–Crippen MR) is 205 cm³/mol. The molecule has 2 saturated heterocycles. The fourth-order valence-corrected chi connectivity index (χ4v) is 7.88. The first-order valence-corrected chi connectivity index (χ1v) is 18.9. The van der Waals surface area contributed by atoms with Crippen LogP contribution >= 0.6 is 0 Å². The average molecular weight is 739 g/mol. The van der Waals surface area contributed by atoms with Crippen molar-refractivity contribution in [2.45, 2.75) is 64.5 Å². The summed E-state index contributed by atoms with van der Waals surface area (Å²) in [7, 11) is 0. The SMILES string of the molecule is CCCC(C(=O)NC=O)c1ccc(N2CCN(CCN3CCC(n4cc(Nc5ncc(-c6cc(C)c(F)cc6F)n6ccnc56)cn4)CC3C)CC2)cc1. The summed E-state index contributed by atoms with van der Waals surface area (Å²) in [5, 5.41) is 10.4. The smallest absolute Gasteiger partial charge is 0.233 e. The number of likely N-dealkylation sites (tertiary alicyclic amines) is 1. The van der Waals surface area contributed by atoms with E-state index >= 15 is 0 Å². The number of carbonyl (C=O) groups excluding carboxylic acids is 2. The van der Waals surface area contributed by atoms with E-state index in [1.54, 1.807) is 36.1 Å². The number of piperidine rings is 1. The lowest BCUT2D eigenvalue weighted by atomic mass is 9.93. The zero-order chi connectivity index (χ0) is 37.8. The van der Waals surface area contributed by atoms with E-state index in [4.69, 9.17) is 5.10 Å². The summed E-state index contributed by atoms with van der Waals surface area (Å²) in [4.78, 5) is 39.8. The maximum absolute atomic E-state index is 14.7. The molecule has 0 saturated carbocycles. The molecule has 14 heteroatoms. The number of imidazole rings is 1. The van der Waals surface area contributed by atoms with Crippen LogP contribution in [0.1, 0.15) is 62.6 Å². The highest BCUT2D eigenvalue weighted by Crippen LogP contribution is 2.31. The third-order valence-corrected chi connectivity index (χ3v) is 11.0. The van der Waals surface area contributed by atoms with Gasteiger partial charge in [0.25, 0.3) is 0 Å². The number of piperazine rings is 1. The highest BCUT2D eigenvalue weighted by Gasteiger charge is 2.28. The van der Waals surface area contributed by atoms with E-state index < -0.39 is 11.6 Å². The fraction of sp³-hybridized carbons (Fsp3) is 0.425. The van der Waals surface area contributed by atoms with Crippen LogP contribution in [0.15, 0.2) is 67.4 Å². The van der Waals surface area contributed by atoms with Crippen LogP contribution in [0.2, 0.25) is 0 Å². The van der Waals surface area contributed by atoms with Crippen LogP contribution in [0.25, 0.3) is 16.9 Å². The molecule has 284 valence electrons. The highest BCUT2D eigenvalue weighted by atomic mass is 19.1. The summed E-state index contributed by atoms with van der Waals surface area (Å²) in [5.41, 5.74) is 4.51. The lowest BCUT2D eigenvalue weighted by molar-refractivity contribution is -0.126. The molecule has 0 radical (unpaired) electrons. The van der Waals surface area contributed by atoms with Gasteiger partial charge in [0.1, 0.15) is 11.6 Å². The Morgan fingerprint density at radius 1 is 1.02 bits per heavy atom. The monoisotopic (exact) mass is 738 g/mol. The predicted octanol–water partition coefficient (Wildman–Crippen LogP) is 5.93. The Kier molecular flexibility index (Phi) is 11.3. The minimum absolute atomic E-state index is 0.246. The molecule has 3 atom stereocenters. The Bertz CT molecular complexity index is 2070. The van der Waals surface area contributed by atoms with Crippen LogP contribution < -0.4 is 15.5 Å². The van der Waals surface area contributed by atoms with Crippen LogP contribution in [-0.4, -0.2) is 98.1 Å². The van der Waals surface area contributed by atoms with E-state index in [1.165, 1.54) is 6.07 Å².